The Morgan fingerprint density at radius 3 is 2.43 bits per heavy atom. The van der Waals surface area contributed by atoms with Crippen molar-refractivity contribution < 1.29 is 9.53 Å². The number of hydrogen-bond acceptors (Lipinski definition) is 2. The second kappa shape index (κ2) is 7.02. The molecule has 0 aromatic heterocycles. The molecule has 0 aliphatic rings. The number of amides is 1. The summed E-state index contributed by atoms with van der Waals surface area (Å²) >= 11 is 0. The van der Waals surface area contributed by atoms with Gasteiger partial charge in [0.15, 0.2) is 0 Å². The van der Waals surface area contributed by atoms with Gasteiger partial charge in [0.05, 0.1) is 6.54 Å². The first-order valence-corrected chi connectivity index (χ1v) is 7.50. The van der Waals surface area contributed by atoms with Crippen LogP contribution in [0.2, 0.25) is 0 Å². The zero-order valence-electron chi connectivity index (χ0n) is 13.7. The van der Waals surface area contributed by atoms with Crippen LogP contribution in [0.5, 0.6) is 0 Å². The van der Waals surface area contributed by atoms with Crippen LogP contribution in [0.3, 0.4) is 0 Å². The van der Waals surface area contributed by atoms with E-state index >= 15 is 0 Å². The minimum Gasteiger partial charge on any atom is -0.443 e. The summed E-state index contributed by atoms with van der Waals surface area (Å²) in [5.41, 5.74) is 1.91. The van der Waals surface area contributed by atoms with Crippen LogP contribution in [0.4, 0.5) is 10.5 Å². The summed E-state index contributed by atoms with van der Waals surface area (Å²) in [7, 11) is 0. The third kappa shape index (κ3) is 4.89. The van der Waals surface area contributed by atoms with Crippen molar-refractivity contribution in [3.05, 3.63) is 65.7 Å². The molecule has 3 heteroatoms. The molecule has 0 saturated carbocycles. The first-order chi connectivity index (χ1) is 10.9. The monoisotopic (exact) mass is 307 g/mol. The predicted molar refractivity (Wildman–Crippen MR) is 93.2 cm³/mol. The molecule has 2 aromatic carbocycles. The quantitative estimate of drug-likeness (QED) is 0.775. The van der Waals surface area contributed by atoms with E-state index < -0.39 is 11.7 Å². The maximum atomic E-state index is 12.6. The number of carbonyl (C=O) groups is 1. The van der Waals surface area contributed by atoms with Crippen LogP contribution in [-0.2, 0) is 11.3 Å². The number of rotatable bonds is 3. The Labute approximate surface area is 137 Å². The summed E-state index contributed by atoms with van der Waals surface area (Å²) in [4.78, 5) is 14.2. The number of terminal acetylenes is 1. The van der Waals surface area contributed by atoms with Crippen molar-refractivity contribution >= 4 is 11.8 Å². The minimum absolute atomic E-state index is 0.393. The van der Waals surface area contributed by atoms with Gasteiger partial charge in [-0.1, -0.05) is 42.3 Å². The van der Waals surface area contributed by atoms with Gasteiger partial charge in [0.1, 0.15) is 5.60 Å². The van der Waals surface area contributed by atoms with Gasteiger partial charge in [-0.25, -0.2) is 4.79 Å². The van der Waals surface area contributed by atoms with E-state index in [1.54, 1.807) is 4.90 Å². The van der Waals surface area contributed by atoms with E-state index in [1.807, 2.05) is 75.4 Å². The van der Waals surface area contributed by atoms with E-state index in [0.29, 0.717) is 6.54 Å². The molecule has 23 heavy (non-hydrogen) atoms. The highest BCUT2D eigenvalue weighted by atomic mass is 16.6. The van der Waals surface area contributed by atoms with E-state index in [-0.39, 0.29) is 0 Å². The highest BCUT2D eigenvalue weighted by molar-refractivity contribution is 5.88. The third-order valence-corrected chi connectivity index (χ3v) is 3.12. The zero-order valence-corrected chi connectivity index (χ0v) is 13.7. The molecule has 0 bridgehead atoms. The topological polar surface area (TPSA) is 29.5 Å². The molecule has 2 rings (SSSR count). The molecule has 0 fully saturated rings. The molecule has 0 radical (unpaired) electrons. The lowest BCUT2D eigenvalue weighted by Gasteiger charge is -2.27. The van der Waals surface area contributed by atoms with Crippen LogP contribution in [-0.4, -0.2) is 11.7 Å². The third-order valence-electron chi connectivity index (χ3n) is 3.12. The number of benzene rings is 2. The molecular weight excluding hydrogens is 286 g/mol. The molecule has 0 saturated heterocycles. The first-order valence-electron chi connectivity index (χ1n) is 7.50. The minimum atomic E-state index is -0.560. The largest absolute Gasteiger partial charge is 0.443 e. The van der Waals surface area contributed by atoms with Gasteiger partial charge in [-0.3, -0.25) is 4.90 Å². The Balaban J connectivity index is 2.34. The second-order valence-electron chi connectivity index (χ2n) is 6.25. The summed E-state index contributed by atoms with van der Waals surface area (Å²) in [6.45, 7) is 5.97. The molecular formula is C20H21NO2. The van der Waals surface area contributed by atoms with E-state index in [0.717, 1.165) is 16.8 Å². The van der Waals surface area contributed by atoms with Gasteiger partial charge in [0.25, 0.3) is 0 Å². The lowest BCUT2D eigenvalue weighted by atomic mass is 10.1. The van der Waals surface area contributed by atoms with Crippen LogP contribution < -0.4 is 4.90 Å². The molecule has 0 unspecified atom stereocenters. The summed E-state index contributed by atoms with van der Waals surface area (Å²) in [5, 5.41) is 0. The van der Waals surface area contributed by atoms with Crippen molar-refractivity contribution in [3.63, 3.8) is 0 Å². The Kier molecular flexibility index (Phi) is 5.08. The van der Waals surface area contributed by atoms with Gasteiger partial charge in [-0.15, -0.1) is 6.42 Å². The normalized spacial score (nSPS) is 10.7. The zero-order chi connectivity index (χ0) is 16.9. The van der Waals surface area contributed by atoms with E-state index in [1.165, 1.54) is 0 Å². The Morgan fingerprint density at radius 2 is 1.83 bits per heavy atom. The average Bonchev–Trinajstić information content (AvgIpc) is 2.52. The van der Waals surface area contributed by atoms with Gasteiger partial charge in [-0.05, 0) is 44.5 Å². The molecule has 0 N–H and O–H groups in total. The summed E-state index contributed by atoms with van der Waals surface area (Å²) in [6.07, 6.45) is 5.07. The fourth-order valence-corrected chi connectivity index (χ4v) is 2.11. The van der Waals surface area contributed by atoms with E-state index in [2.05, 4.69) is 5.92 Å². The number of carbonyl (C=O) groups excluding carboxylic acids is 1. The molecule has 2 aromatic rings. The average molecular weight is 307 g/mol. The molecule has 0 spiro atoms. The molecule has 0 atom stereocenters. The lowest BCUT2D eigenvalue weighted by molar-refractivity contribution is 0.0577. The van der Waals surface area contributed by atoms with Crippen molar-refractivity contribution in [2.45, 2.75) is 32.9 Å². The second-order valence-corrected chi connectivity index (χ2v) is 6.25. The predicted octanol–water partition coefficient (Wildman–Crippen LogP) is 4.61. The maximum Gasteiger partial charge on any atom is 0.415 e. The van der Waals surface area contributed by atoms with E-state index in [4.69, 9.17) is 11.2 Å². The van der Waals surface area contributed by atoms with E-state index in [9.17, 15) is 4.79 Å². The Hall–Kier alpha value is -2.73. The van der Waals surface area contributed by atoms with Crippen molar-refractivity contribution in [1.82, 2.24) is 0 Å². The van der Waals surface area contributed by atoms with Crippen LogP contribution >= 0.6 is 0 Å². The van der Waals surface area contributed by atoms with Gasteiger partial charge < -0.3 is 4.74 Å². The molecule has 0 heterocycles. The Bertz CT molecular complexity index is 708. The number of ether oxygens (including phenoxy) is 1. The molecule has 3 nitrogen and oxygen atoms in total. The van der Waals surface area contributed by atoms with Crippen molar-refractivity contribution in [3.8, 4) is 12.3 Å². The summed E-state index contributed by atoms with van der Waals surface area (Å²) < 4.78 is 5.54. The summed E-state index contributed by atoms with van der Waals surface area (Å²) in [6, 6.07) is 17.1. The highest BCUT2D eigenvalue weighted by Gasteiger charge is 2.23. The summed E-state index contributed by atoms with van der Waals surface area (Å²) in [5.74, 6) is 2.59. The van der Waals surface area contributed by atoms with Gasteiger partial charge in [0, 0.05) is 11.3 Å². The molecule has 0 aliphatic carbocycles. The maximum absolute atomic E-state index is 12.6. The Morgan fingerprint density at radius 1 is 1.13 bits per heavy atom. The first kappa shape index (κ1) is 16.6. The number of hydrogen-bond donors (Lipinski definition) is 0. The van der Waals surface area contributed by atoms with Gasteiger partial charge in [0.2, 0.25) is 0 Å². The number of nitrogens with zero attached hydrogens (tertiary/aromatic N) is 1. The van der Waals surface area contributed by atoms with Crippen LogP contribution in [0, 0.1) is 12.3 Å². The van der Waals surface area contributed by atoms with Gasteiger partial charge >= 0.3 is 6.09 Å². The lowest BCUT2D eigenvalue weighted by Crippen LogP contribution is -2.36. The molecule has 0 aliphatic heterocycles. The fraction of sp³-hybridized carbons (Fsp3) is 0.250. The van der Waals surface area contributed by atoms with Crippen molar-refractivity contribution in [2.75, 3.05) is 4.90 Å². The number of anilines is 1. The van der Waals surface area contributed by atoms with Crippen LogP contribution in [0.15, 0.2) is 54.6 Å². The van der Waals surface area contributed by atoms with Gasteiger partial charge in [-0.2, -0.15) is 0 Å². The fourth-order valence-electron chi connectivity index (χ4n) is 2.11. The standard InChI is InChI=1S/C20H21NO2/c1-5-16-12-9-13-18(14-16)21(19(22)23-20(2,3)4)15-17-10-7-6-8-11-17/h1,6-14H,15H2,2-4H3. The molecule has 118 valence electrons. The van der Waals surface area contributed by atoms with Crippen molar-refractivity contribution in [1.29, 1.82) is 0 Å². The SMILES string of the molecule is C#Cc1cccc(N(Cc2ccccc2)C(=O)OC(C)(C)C)c1. The highest BCUT2D eigenvalue weighted by Crippen LogP contribution is 2.22. The molecule has 1 amide bonds. The van der Waals surface area contributed by atoms with Crippen LogP contribution in [0.1, 0.15) is 31.9 Å². The van der Waals surface area contributed by atoms with Crippen molar-refractivity contribution in [2.24, 2.45) is 0 Å². The smallest absolute Gasteiger partial charge is 0.415 e. The van der Waals surface area contributed by atoms with Crippen LogP contribution in [0.25, 0.3) is 0 Å².